The van der Waals surface area contributed by atoms with Crippen molar-refractivity contribution in [3.8, 4) is 11.3 Å². The summed E-state index contributed by atoms with van der Waals surface area (Å²) < 4.78 is 41.3. The molecule has 174 valence electrons. The highest BCUT2D eigenvalue weighted by Gasteiger charge is 2.31. The molecule has 1 unspecified atom stereocenters. The van der Waals surface area contributed by atoms with Crippen LogP contribution in [-0.2, 0) is 13.2 Å². The van der Waals surface area contributed by atoms with Gasteiger partial charge in [-0.25, -0.2) is 4.98 Å². The quantitative estimate of drug-likeness (QED) is 0.392. The Hall–Kier alpha value is -3.68. The number of piperidine rings is 1. The van der Waals surface area contributed by atoms with Gasteiger partial charge in [-0.05, 0) is 55.3 Å². The van der Waals surface area contributed by atoms with Crippen LogP contribution < -0.4 is 0 Å². The smallest absolute Gasteiger partial charge is 0.338 e. The molecule has 2 aromatic heterocycles. The Morgan fingerprint density at radius 3 is 2.71 bits per heavy atom. The van der Waals surface area contributed by atoms with Gasteiger partial charge in [0.25, 0.3) is 5.91 Å². The van der Waals surface area contributed by atoms with Crippen molar-refractivity contribution in [3.05, 3.63) is 83.8 Å². The van der Waals surface area contributed by atoms with E-state index >= 15 is 0 Å². The highest BCUT2D eigenvalue weighted by Crippen LogP contribution is 2.33. The minimum absolute atomic E-state index is 0.0158. The van der Waals surface area contributed by atoms with Crippen LogP contribution in [0.3, 0.4) is 0 Å². The summed E-state index contributed by atoms with van der Waals surface area (Å²) in [6, 6.07) is 16.2. The molecule has 8 heteroatoms. The van der Waals surface area contributed by atoms with E-state index in [1.54, 1.807) is 18.5 Å². The Morgan fingerprint density at radius 1 is 1.06 bits per heavy atom. The van der Waals surface area contributed by atoms with Crippen molar-refractivity contribution in [1.29, 1.82) is 0 Å². The molecule has 0 spiro atoms. The van der Waals surface area contributed by atoms with Gasteiger partial charge in [0.15, 0.2) is 0 Å². The van der Waals surface area contributed by atoms with Crippen molar-refractivity contribution in [3.63, 3.8) is 0 Å². The molecule has 2 aromatic carbocycles. The number of halogens is 3. The number of nitrogens with zero attached hydrogens (tertiary/aromatic N) is 4. The van der Waals surface area contributed by atoms with E-state index < -0.39 is 11.7 Å². The summed E-state index contributed by atoms with van der Waals surface area (Å²) in [5, 5.41) is 0. The molecular weight excluding hydrogens is 441 g/mol. The van der Waals surface area contributed by atoms with Crippen LogP contribution in [0.15, 0.2) is 67.0 Å². The molecule has 3 heterocycles. The van der Waals surface area contributed by atoms with Crippen LogP contribution in [-0.4, -0.2) is 38.4 Å². The van der Waals surface area contributed by atoms with Gasteiger partial charge >= 0.3 is 6.18 Å². The van der Waals surface area contributed by atoms with Crippen molar-refractivity contribution in [2.45, 2.75) is 24.9 Å². The number of rotatable bonds is 3. The van der Waals surface area contributed by atoms with Gasteiger partial charge in [0.2, 0.25) is 0 Å². The Balaban J connectivity index is 1.37. The van der Waals surface area contributed by atoms with Crippen LogP contribution >= 0.6 is 0 Å². The standard InChI is InChI=1S/C26H23F3N4O/c1-32-16-30-23-14-18(10-11-24(23)32)25(34)33-12-4-6-19(15-33)22-9-3-8-21(31-22)17-5-2-7-20(13-17)26(27,28)29/h2-3,5,7-11,13-14,16,19H,4,6,12,15H2,1H3. The van der Waals surface area contributed by atoms with Crippen molar-refractivity contribution >= 4 is 16.9 Å². The highest BCUT2D eigenvalue weighted by molar-refractivity contribution is 5.97. The molecule has 1 aliphatic rings. The maximum atomic E-state index is 13.2. The van der Waals surface area contributed by atoms with Crippen molar-refractivity contribution in [2.24, 2.45) is 7.05 Å². The first kappa shape index (κ1) is 22.1. The molecule has 1 amide bonds. The second-order valence-corrected chi connectivity index (χ2v) is 8.68. The van der Waals surface area contributed by atoms with Gasteiger partial charge in [0.1, 0.15) is 0 Å². The average Bonchev–Trinajstić information content (AvgIpc) is 3.23. The van der Waals surface area contributed by atoms with E-state index in [2.05, 4.69) is 9.97 Å². The average molecular weight is 464 g/mol. The zero-order chi connectivity index (χ0) is 23.9. The van der Waals surface area contributed by atoms with Gasteiger partial charge < -0.3 is 9.47 Å². The number of alkyl halides is 3. The fourth-order valence-electron chi connectivity index (χ4n) is 4.55. The predicted octanol–water partition coefficient (Wildman–Crippen LogP) is 5.67. The number of carbonyl (C=O) groups is 1. The SMILES string of the molecule is Cn1cnc2cc(C(=O)N3CCCC(c4cccc(-c5cccc(C(F)(F)F)c5)n4)C3)ccc21. The van der Waals surface area contributed by atoms with Gasteiger partial charge in [-0.3, -0.25) is 9.78 Å². The molecule has 1 saturated heterocycles. The zero-order valence-corrected chi connectivity index (χ0v) is 18.6. The van der Waals surface area contributed by atoms with E-state index in [9.17, 15) is 18.0 Å². The monoisotopic (exact) mass is 464 g/mol. The number of imidazole rings is 1. The summed E-state index contributed by atoms with van der Waals surface area (Å²) in [6.07, 6.45) is -0.991. The molecule has 0 aliphatic carbocycles. The fraction of sp³-hybridized carbons (Fsp3) is 0.269. The Kier molecular flexibility index (Phi) is 5.59. The van der Waals surface area contributed by atoms with Crippen LogP contribution in [0.1, 0.15) is 40.4 Å². The van der Waals surface area contributed by atoms with Crippen molar-refractivity contribution < 1.29 is 18.0 Å². The summed E-state index contributed by atoms with van der Waals surface area (Å²) in [5.74, 6) is -0.0340. The number of amides is 1. The molecule has 5 rings (SSSR count). The van der Waals surface area contributed by atoms with Gasteiger partial charge in [0, 0.05) is 42.9 Å². The van der Waals surface area contributed by atoms with E-state index in [0.29, 0.717) is 29.9 Å². The molecule has 0 radical (unpaired) electrons. The lowest BCUT2D eigenvalue weighted by atomic mass is 9.93. The topological polar surface area (TPSA) is 51.0 Å². The molecule has 1 aliphatic heterocycles. The Bertz CT molecular complexity index is 1360. The van der Waals surface area contributed by atoms with Crippen molar-refractivity contribution in [2.75, 3.05) is 13.1 Å². The van der Waals surface area contributed by atoms with Crippen LogP contribution in [0.4, 0.5) is 13.2 Å². The van der Waals surface area contributed by atoms with Gasteiger partial charge in [-0.2, -0.15) is 13.2 Å². The number of aromatic nitrogens is 3. The second-order valence-electron chi connectivity index (χ2n) is 8.68. The summed E-state index contributed by atoms with van der Waals surface area (Å²) in [7, 11) is 1.91. The van der Waals surface area contributed by atoms with Crippen molar-refractivity contribution in [1.82, 2.24) is 19.4 Å². The lowest BCUT2D eigenvalue weighted by Crippen LogP contribution is -2.39. The van der Waals surface area contributed by atoms with Crippen LogP contribution in [0.25, 0.3) is 22.3 Å². The van der Waals surface area contributed by atoms with E-state index in [4.69, 9.17) is 0 Å². The lowest BCUT2D eigenvalue weighted by molar-refractivity contribution is -0.137. The van der Waals surface area contributed by atoms with Crippen LogP contribution in [0.2, 0.25) is 0 Å². The first-order valence-corrected chi connectivity index (χ1v) is 11.1. The molecule has 0 bridgehead atoms. The molecule has 34 heavy (non-hydrogen) atoms. The first-order chi connectivity index (χ1) is 16.3. The predicted molar refractivity (Wildman–Crippen MR) is 123 cm³/mol. The number of aryl methyl sites for hydroxylation is 1. The maximum absolute atomic E-state index is 13.2. The minimum atomic E-state index is -4.41. The maximum Gasteiger partial charge on any atom is 0.416 e. The van der Waals surface area contributed by atoms with Gasteiger partial charge in [-0.15, -0.1) is 0 Å². The number of hydrogen-bond acceptors (Lipinski definition) is 3. The molecule has 5 nitrogen and oxygen atoms in total. The number of benzene rings is 2. The van der Waals surface area contributed by atoms with Crippen LogP contribution in [0, 0.1) is 0 Å². The third-order valence-corrected chi connectivity index (χ3v) is 6.36. The lowest BCUT2D eigenvalue weighted by Gasteiger charge is -2.32. The first-order valence-electron chi connectivity index (χ1n) is 11.1. The number of carbonyl (C=O) groups excluding carboxylic acids is 1. The van der Waals surface area contributed by atoms with Crippen LogP contribution in [0.5, 0.6) is 0 Å². The number of likely N-dealkylation sites (tertiary alicyclic amines) is 1. The number of hydrogen-bond donors (Lipinski definition) is 0. The number of pyridine rings is 1. The van der Waals surface area contributed by atoms with E-state index in [1.807, 2.05) is 46.8 Å². The van der Waals surface area contributed by atoms with Gasteiger partial charge in [0.05, 0.1) is 28.6 Å². The minimum Gasteiger partial charge on any atom is -0.338 e. The summed E-state index contributed by atoms with van der Waals surface area (Å²) in [6.45, 7) is 1.17. The second kappa shape index (κ2) is 8.59. The molecule has 1 fully saturated rings. The Morgan fingerprint density at radius 2 is 1.88 bits per heavy atom. The largest absolute Gasteiger partial charge is 0.416 e. The van der Waals surface area contributed by atoms with E-state index in [1.165, 1.54) is 6.07 Å². The normalized spacial score (nSPS) is 16.7. The summed E-state index contributed by atoms with van der Waals surface area (Å²) in [4.78, 5) is 24.1. The zero-order valence-electron chi connectivity index (χ0n) is 18.6. The molecule has 0 N–H and O–H groups in total. The summed E-state index contributed by atoms with van der Waals surface area (Å²) in [5.41, 5.74) is 3.33. The third-order valence-electron chi connectivity index (χ3n) is 6.36. The molecule has 0 saturated carbocycles. The van der Waals surface area contributed by atoms with E-state index in [-0.39, 0.29) is 11.8 Å². The van der Waals surface area contributed by atoms with Gasteiger partial charge in [-0.1, -0.05) is 18.2 Å². The Labute approximate surface area is 194 Å². The molecule has 4 aromatic rings. The number of fused-ring (bicyclic) bond motifs is 1. The fourth-order valence-corrected chi connectivity index (χ4v) is 4.55. The van der Waals surface area contributed by atoms with E-state index in [0.717, 1.165) is 41.7 Å². The molecular formula is C26H23F3N4O. The molecule has 1 atom stereocenters. The highest BCUT2D eigenvalue weighted by atomic mass is 19.4. The summed E-state index contributed by atoms with van der Waals surface area (Å²) >= 11 is 0. The third kappa shape index (κ3) is 4.27.